The van der Waals surface area contributed by atoms with Gasteiger partial charge in [-0.1, -0.05) is 49.0 Å². The van der Waals surface area contributed by atoms with Crippen molar-refractivity contribution in [3.8, 4) is 5.69 Å². The number of amides is 3. The van der Waals surface area contributed by atoms with Crippen LogP contribution in [0, 0.1) is 0 Å². The Bertz CT molecular complexity index is 1980. The standard InChI is InChI=1S/C36H35F3N8O4/c1-3-46-34-27(17-42-47(34)24-10-5-4-6-11-24)29(30(35(46)50)44-33(49)31-40-13-12-28(43-31)36(37,38)39)23-9-7-8-22(14-23)16-41-32(48)21(2)18-45-19-26-15-25(45)20-51-26/h4-14,17,25-26,29-30H,2-3,15-16,18-20H2,1H3,(H,41,48)(H,44,49)/t25-,26-,29+,30-/m0/s1. The Labute approximate surface area is 291 Å². The summed E-state index contributed by atoms with van der Waals surface area (Å²) in [5.41, 5.74) is 1.80. The van der Waals surface area contributed by atoms with Crippen LogP contribution in [0.4, 0.5) is 19.0 Å². The first kappa shape index (κ1) is 34.1. The number of benzene rings is 2. The fourth-order valence-electron chi connectivity index (χ4n) is 7.04. The molecule has 51 heavy (non-hydrogen) atoms. The van der Waals surface area contributed by atoms with Crippen LogP contribution in [0.2, 0.25) is 0 Å². The van der Waals surface area contributed by atoms with Crippen molar-refractivity contribution >= 4 is 23.5 Å². The first-order chi connectivity index (χ1) is 24.5. The molecule has 0 radical (unpaired) electrons. The molecule has 0 aliphatic carbocycles. The van der Waals surface area contributed by atoms with Gasteiger partial charge in [-0.05, 0) is 42.7 Å². The quantitative estimate of drug-likeness (QED) is 0.240. The van der Waals surface area contributed by atoms with Crippen LogP contribution in [0.15, 0.2) is 85.2 Å². The van der Waals surface area contributed by atoms with Crippen molar-refractivity contribution in [2.75, 3.05) is 31.1 Å². The van der Waals surface area contributed by atoms with E-state index in [2.05, 4.69) is 37.2 Å². The number of morpholine rings is 1. The van der Waals surface area contributed by atoms with Gasteiger partial charge in [0.25, 0.3) is 11.8 Å². The lowest BCUT2D eigenvalue weighted by Gasteiger charge is -2.38. The Morgan fingerprint density at radius 3 is 2.61 bits per heavy atom. The molecule has 0 spiro atoms. The summed E-state index contributed by atoms with van der Waals surface area (Å²) >= 11 is 0. The van der Waals surface area contributed by atoms with E-state index in [0.29, 0.717) is 53.5 Å². The van der Waals surface area contributed by atoms with Crippen molar-refractivity contribution in [3.63, 3.8) is 0 Å². The molecule has 264 valence electrons. The van der Waals surface area contributed by atoms with Gasteiger partial charge in [-0.25, -0.2) is 14.6 Å². The third-order valence-electron chi connectivity index (χ3n) is 9.47. The molecule has 3 aliphatic rings. The number of ether oxygens (including phenoxy) is 1. The van der Waals surface area contributed by atoms with E-state index in [4.69, 9.17) is 4.74 Å². The molecule has 2 bridgehead atoms. The average molecular weight is 701 g/mol. The van der Waals surface area contributed by atoms with Crippen LogP contribution in [0.1, 0.15) is 52.3 Å². The Morgan fingerprint density at radius 2 is 1.90 bits per heavy atom. The molecule has 3 aliphatic heterocycles. The molecule has 2 N–H and O–H groups in total. The zero-order valence-corrected chi connectivity index (χ0v) is 27.6. The number of halogens is 3. The number of nitrogens with one attached hydrogen (secondary N) is 2. The van der Waals surface area contributed by atoms with Gasteiger partial charge in [0.15, 0.2) is 0 Å². The summed E-state index contributed by atoms with van der Waals surface area (Å²) in [5.74, 6) is -2.87. The molecule has 15 heteroatoms. The lowest BCUT2D eigenvalue weighted by atomic mass is 9.82. The average Bonchev–Trinajstić information content (AvgIpc) is 3.88. The minimum atomic E-state index is -4.80. The molecule has 2 aromatic heterocycles. The SMILES string of the molecule is C=C(CN1C[C@@H]2C[C@H]1CO2)C(=O)NCc1cccc([C@@H]2c3cnn(-c4ccccc4)c3N(CC)C(=O)[C@H]2NC(=O)c2nccc(C(F)(F)F)n2)c1. The van der Waals surface area contributed by atoms with Crippen molar-refractivity contribution in [1.29, 1.82) is 0 Å². The number of likely N-dealkylation sites (N-methyl/N-ethyl adjacent to an activating group) is 1. The fourth-order valence-corrected chi connectivity index (χ4v) is 7.04. The van der Waals surface area contributed by atoms with Crippen LogP contribution in [0.5, 0.6) is 0 Å². The summed E-state index contributed by atoms with van der Waals surface area (Å²) in [6.45, 7) is 8.03. The van der Waals surface area contributed by atoms with Crippen molar-refractivity contribution in [2.45, 2.75) is 50.2 Å². The second-order valence-electron chi connectivity index (χ2n) is 12.8. The van der Waals surface area contributed by atoms with E-state index in [-0.39, 0.29) is 25.1 Å². The van der Waals surface area contributed by atoms with E-state index in [1.807, 2.05) is 42.5 Å². The summed E-state index contributed by atoms with van der Waals surface area (Å²) in [7, 11) is 0. The number of para-hydroxylation sites is 1. The molecular formula is C36H35F3N8O4. The van der Waals surface area contributed by atoms with Crippen LogP contribution < -0.4 is 15.5 Å². The normalized spacial score (nSPS) is 21.4. The van der Waals surface area contributed by atoms with Crippen LogP contribution in [-0.4, -0.2) is 86.8 Å². The highest BCUT2D eigenvalue weighted by atomic mass is 19.4. The number of fused-ring (bicyclic) bond motifs is 3. The summed E-state index contributed by atoms with van der Waals surface area (Å²) < 4.78 is 47.6. The van der Waals surface area contributed by atoms with Gasteiger partial charge in [-0.2, -0.15) is 18.3 Å². The number of carbonyl (C=O) groups is 3. The minimum Gasteiger partial charge on any atom is -0.375 e. The molecule has 0 unspecified atom stereocenters. The number of hydrogen-bond acceptors (Lipinski definition) is 8. The fraction of sp³-hybridized carbons (Fsp3) is 0.333. The smallest absolute Gasteiger partial charge is 0.375 e. The third-order valence-corrected chi connectivity index (χ3v) is 9.47. The van der Waals surface area contributed by atoms with Crippen LogP contribution in [-0.2, 0) is 27.0 Å². The van der Waals surface area contributed by atoms with Crippen molar-refractivity contribution < 1.29 is 32.3 Å². The van der Waals surface area contributed by atoms with Crippen molar-refractivity contribution in [2.24, 2.45) is 0 Å². The number of likely N-dealkylation sites (tertiary alicyclic amines) is 1. The maximum Gasteiger partial charge on any atom is 0.433 e. The summed E-state index contributed by atoms with van der Waals surface area (Å²) in [4.78, 5) is 51.7. The van der Waals surface area contributed by atoms with Gasteiger partial charge in [-0.3, -0.25) is 24.2 Å². The predicted octanol–water partition coefficient (Wildman–Crippen LogP) is 3.62. The number of rotatable bonds is 10. The first-order valence-electron chi connectivity index (χ1n) is 16.6. The first-order valence-corrected chi connectivity index (χ1v) is 16.6. The largest absolute Gasteiger partial charge is 0.433 e. The zero-order chi connectivity index (χ0) is 35.9. The molecule has 0 saturated carbocycles. The Morgan fingerprint density at radius 1 is 1.10 bits per heavy atom. The summed E-state index contributed by atoms with van der Waals surface area (Å²) in [5, 5.41) is 10.2. The number of alkyl halides is 3. The monoisotopic (exact) mass is 700 g/mol. The second kappa shape index (κ2) is 13.7. The van der Waals surface area contributed by atoms with Gasteiger partial charge >= 0.3 is 6.18 Å². The molecule has 3 amide bonds. The van der Waals surface area contributed by atoms with Crippen LogP contribution in [0.3, 0.4) is 0 Å². The minimum absolute atomic E-state index is 0.161. The molecule has 5 heterocycles. The highest BCUT2D eigenvalue weighted by molar-refractivity contribution is 6.04. The lowest BCUT2D eigenvalue weighted by molar-refractivity contribution is -0.141. The van der Waals surface area contributed by atoms with Crippen LogP contribution in [0.25, 0.3) is 5.69 Å². The van der Waals surface area contributed by atoms with E-state index < -0.39 is 41.5 Å². The maximum absolute atomic E-state index is 14.3. The highest BCUT2D eigenvalue weighted by Gasteiger charge is 2.45. The van der Waals surface area contributed by atoms with Crippen molar-refractivity contribution in [3.05, 3.63) is 113 Å². The number of anilines is 1. The number of hydrogen-bond donors (Lipinski definition) is 2. The molecule has 4 aromatic rings. The summed E-state index contributed by atoms with van der Waals surface area (Å²) in [6.07, 6.45) is -1.16. The molecular weight excluding hydrogens is 665 g/mol. The maximum atomic E-state index is 14.3. The van der Waals surface area contributed by atoms with Gasteiger partial charge in [0, 0.05) is 55.5 Å². The van der Waals surface area contributed by atoms with Gasteiger partial charge in [-0.15, -0.1) is 0 Å². The third kappa shape index (κ3) is 6.73. The Hall–Kier alpha value is -5.41. The molecule has 4 atom stereocenters. The van der Waals surface area contributed by atoms with Gasteiger partial charge in [0.05, 0.1) is 24.6 Å². The number of nitrogens with zero attached hydrogens (tertiary/aromatic N) is 6. The van der Waals surface area contributed by atoms with E-state index in [0.717, 1.165) is 24.7 Å². The molecule has 12 nitrogen and oxygen atoms in total. The van der Waals surface area contributed by atoms with Crippen molar-refractivity contribution in [1.82, 2.24) is 35.3 Å². The van der Waals surface area contributed by atoms with Gasteiger partial charge in [0.1, 0.15) is 17.6 Å². The van der Waals surface area contributed by atoms with E-state index >= 15 is 0 Å². The number of carbonyl (C=O) groups excluding carboxylic acids is 3. The molecule has 2 saturated heterocycles. The predicted molar refractivity (Wildman–Crippen MR) is 179 cm³/mol. The highest BCUT2D eigenvalue weighted by Crippen LogP contribution is 2.41. The Balaban J connectivity index is 1.19. The topological polar surface area (TPSA) is 135 Å². The van der Waals surface area contributed by atoms with E-state index in [9.17, 15) is 27.6 Å². The van der Waals surface area contributed by atoms with E-state index in [1.165, 1.54) is 4.90 Å². The Kier molecular flexibility index (Phi) is 9.16. The zero-order valence-electron chi connectivity index (χ0n) is 27.6. The van der Waals surface area contributed by atoms with E-state index in [1.54, 1.807) is 29.9 Å². The number of aromatic nitrogens is 4. The summed E-state index contributed by atoms with van der Waals surface area (Å²) in [6, 6.07) is 16.1. The van der Waals surface area contributed by atoms with Crippen LogP contribution >= 0.6 is 0 Å². The lowest BCUT2D eigenvalue weighted by Crippen LogP contribution is -2.55. The van der Waals surface area contributed by atoms with Gasteiger partial charge < -0.3 is 15.4 Å². The van der Waals surface area contributed by atoms with Gasteiger partial charge in [0.2, 0.25) is 11.7 Å². The molecule has 2 fully saturated rings. The molecule has 7 rings (SSSR count). The second-order valence-corrected chi connectivity index (χ2v) is 12.8. The molecule has 2 aromatic carbocycles.